The summed E-state index contributed by atoms with van der Waals surface area (Å²) in [6, 6.07) is 9.75. The van der Waals surface area contributed by atoms with Gasteiger partial charge in [-0.25, -0.2) is 0 Å². The van der Waals surface area contributed by atoms with Crippen LogP contribution >= 0.6 is 0 Å². The van der Waals surface area contributed by atoms with Gasteiger partial charge in [-0.2, -0.15) is 0 Å². The van der Waals surface area contributed by atoms with E-state index in [9.17, 15) is 9.90 Å². The van der Waals surface area contributed by atoms with Gasteiger partial charge >= 0.3 is 5.97 Å². The summed E-state index contributed by atoms with van der Waals surface area (Å²) < 4.78 is 10.6. The molecule has 1 aromatic carbocycles. The van der Waals surface area contributed by atoms with Gasteiger partial charge in [0.15, 0.2) is 0 Å². The van der Waals surface area contributed by atoms with E-state index in [0.29, 0.717) is 30.8 Å². The number of benzene rings is 1. The number of aliphatic hydroxyl groups excluding tert-OH is 1. The van der Waals surface area contributed by atoms with Crippen molar-refractivity contribution >= 4 is 5.97 Å². The minimum Gasteiger partial charge on any atom is -0.463 e. The number of esters is 1. The van der Waals surface area contributed by atoms with Crippen molar-refractivity contribution < 1.29 is 19.4 Å². The zero-order chi connectivity index (χ0) is 17.2. The molecule has 0 spiro atoms. The minimum absolute atomic E-state index is 0.0173. The first-order valence-electron chi connectivity index (χ1n) is 8.35. The average Bonchev–Trinajstić information content (AvgIpc) is 2.51. The summed E-state index contributed by atoms with van der Waals surface area (Å²) in [5, 5.41) is 9.83. The number of carbonyl (C=O) groups excluding carboxylic acids is 1. The second-order valence-corrected chi connectivity index (χ2v) is 6.69. The van der Waals surface area contributed by atoms with Gasteiger partial charge in [0.1, 0.15) is 12.7 Å². The van der Waals surface area contributed by atoms with Crippen molar-refractivity contribution in [1.29, 1.82) is 0 Å². The van der Waals surface area contributed by atoms with Crippen LogP contribution in [-0.2, 0) is 20.9 Å². The number of hydrogen-bond acceptors (Lipinski definition) is 4. The third-order valence-electron chi connectivity index (χ3n) is 3.97. The van der Waals surface area contributed by atoms with Crippen LogP contribution in [0.5, 0.6) is 0 Å². The highest BCUT2D eigenvalue weighted by Gasteiger charge is 2.22. The van der Waals surface area contributed by atoms with Crippen LogP contribution in [0.1, 0.15) is 39.7 Å². The van der Waals surface area contributed by atoms with E-state index >= 15 is 0 Å². The Labute approximate surface area is 139 Å². The van der Waals surface area contributed by atoms with E-state index in [-0.39, 0.29) is 19.2 Å². The summed E-state index contributed by atoms with van der Waals surface area (Å²) in [5.41, 5.74) is 1.05. The Morgan fingerprint density at radius 3 is 2.22 bits per heavy atom. The van der Waals surface area contributed by atoms with Crippen LogP contribution in [0.4, 0.5) is 0 Å². The van der Waals surface area contributed by atoms with Crippen molar-refractivity contribution in [3.8, 4) is 0 Å². The third-order valence-corrected chi connectivity index (χ3v) is 3.97. The van der Waals surface area contributed by atoms with Crippen molar-refractivity contribution in [2.24, 2.45) is 17.8 Å². The molecular weight excluding hydrogens is 292 g/mol. The first kappa shape index (κ1) is 19.7. The average molecular weight is 322 g/mol. The Bertz CT molecular complexity index is 434. The van der Waals surface area contributed by atoms with E-state index in [1.165, 1.54) is 0 Å². The highest BCUT2D eigenvalue weighted by atomic mass is 16.5. The predicted molar refractivity (Wildman–Crippen MR) is 90.8 cm³/mol. The molecule has 0 aliphatic carbocycles. The van der Waals surface area contributed by atoms with E-state index in [0.717, 1.165) is 5.56 Å². The van der Waals surface area contributed by atoms with Gasteiger partial charge in [0.2, 0.25) is 0 Å². The van der Waals surface area contributed by atoms with Gasteiger partial charge < -0.3 is 14.6 Å². The minimum atomic E-state index is -0.792. The van der Waals surface area contributed by atoms with Crippen LogP contribution in [0.15, 0.2) is 30.3 Å². The molecule has 0 saturated carbocycles. The van der Waals surface area contributed by atoms with Crippen molar-refractivity contribution in [1.82, 2.24) is 0 Å². The Morgan fingerprint density at radius 2 is 1.65 bits per heavy atom. The first-order valence-corrected chi connectivity index (χ1v) is 8.35. The molecule has 0 heterocycles. The lowest BCUT2D eigenvalue weighted by Crippen LogP contribution is -2.26. The zero-order valence-corrected chi connectivity index (χ0v) is 14.7. The Hall–Kier alpha value is -1.39. The summed E-state index contributed by atoms with van der Waals surface area (Å²) in [5.74, 6) is 0.914. The SMILES string of the molecule is CC(C)C(CC(=O)OC[C@@H](O)COCc1ccccc1)C(C)C. The van der Waals surface area contributed by atoms with Gasteiger partial charge in [-0.1, -0.05) is 58.0 Å². The van der Waals surface area contributed by atoms with Gasteiger partial charge in [0, 0.05) is 6.42 Å². The van der Waals surface area contributed by atoms with Crippen LogP contribution in [0.3, 0.4) is 0 Å². The molecule has 0 aliphatic heterocycles. The van der Waals surface area contributed by atoms with Crippen LogP contribution in [0, 0.1) is 17.8 Å². The molecule has 0 radical (unpaired) electrons. The maximum absolute atomic E-state index is 11.9. The van der Waals surface area contributed by atoms with E-state index in [2.05, 4.69) is 27.7 Å². The molecule has 1 rings (SSSR count). The third kappa shape index (κ3) is 8.14. The summed E-state index contributed by atoms with van der Waals surface area (Å²) in [6.07, 6.45) is -0.397. The largest absolute Gasteiger partial charge is 0.463 e. The maximum Gasteiger partial charge on any atom is 0.306 e. The van der Waals surface area contributed by atoms with E-state index < -0.39 is 6.10 Å². The number of ether oxygens (including phenoxy) is 2. The second kappa shape index (κ2) is 10.4. The molecule has 0 bridgehead atoms. The van der Waals surface area contributed by atoms with E-state index in [1.807, 2.05) is 30.3 Å². The Balaban J connectivity index is 2.22. The van der Waals surface area contributed by atoms with Crippen molar-refractivity contribution in [3.63, 3.8) is 0 Å². The molecule has 130 valence electrons. The van der Waals surface area contributed by atoms with Crippen LogP contribution in [0.2, 0.25) is 0 Å². The number of hydrogen-bond donors (Lipinski definition) is 1. The fourth-order valence-corrected chi connectivity index (χ4v) is 2.62. The molecule has 4 nitrogen and oxygen atoms in total. The summed E-state index contributed by atoms with van der Waals surface area (Å²) in [6.45, 7) is 9.04. The highest BCUT2D eigenvalue weighted by Crippen LogP contribution is 2.24. The van der Waals surface area contributed by atoms with Gasteiger partial charge in [0.05, 0.1) is 13.2 Å². The molecule has 0 amide bonds. The zero-order valence-electron chi connectivity index (χ0n) is 14.7. The second-order valence-electron chi connectivity index (χ2n) is 6.69. The lowest BCUT2D eigenvalue weighted by Gasteiger charge is -2.24. The molecule has 4 heteroatoms. The summed E-state index contributed by atoms with van der Waals surface area (Å²) in [7, 11) is 0. The quantitative estimate of drug-likeness (QED) is 0.671. The van der Waals surface area contributed by atoms with Gasteiger partial charge in [-0.3, -0.25) is 4.79 Å². The lowest BCUT2D eigenvalue weighted by atomic mass is 9.83. The highest BCUT2D eigenvalue weighted by molar-refractivity contribution is 5.69. The molecule has 1 N–H and O–H groups in total. The molecule has 1 atom stereocenters. The van der Waals surface area contributed by atoms with Crippen LogP contribution in [-0.4, -0.2) is 30.4 Å². The summed E-state index contributed by atoms with van der Waals surface area (Å²) >= 11 is 0. The Kier molecular flexibility index (Phi) is 8.89. The maximum atomic E-state index is 11.9. The van der Waals surface area contributed by atoms with Gasteiger partial charge in [-0.15, -0.1) is 0 Å². The van der Waals surface area contributed by atoms with E-state index in [1.54, 1.807) is 0 Å². The molecule has 0 aromatic heterocycles. The standard InChI is InChI=1S/C19H30O4/c1-14(2)18(15(3)4)10-19(21)23-13-17(20)12-22-11-16-8-6-5-7-9-16/h5-9,14-15,17-18,20H,10-13H2,1-4H3/t17-/m0/s1. The smallest absolute Gasteiger partial charge is 0.306 e. The normalized spacial score (nSPS) is 12.9. The molecular formula is C19H30O4. The fourth-order valence-electron chi connectivity index (χ4n) is 2.62. The Morgan fingerprint density at radius 1 is 1.04 bits per heavy atom. The molecule has 0 unspecified atom stereocenters. The fraction of sp³-hybridized carbons (Fsp3) is 0.632. The van der Waals surface area contributed by atoms with Gasteiger partial charge in [0.25, 0.3) is 0 Å². The molecule has 1 aromatic rings. The predicted octanol–water partition coefficient (Wildman–Crippen LogP) is 3.43. The molecule has 0 aliphatic rings. The summed E-state index contributed by atoms with van der Waals surface area (Å²) in [4.78, 5) is 11.9. The van der Waals surface area contributed by atoms with Crippen molar-refractivity contribution in [3.05, 3.63) is 35.9 Å². The van der Waals surface area contributed by atoms with Crippen molar-refractivity contribution in [2.75, 3.05) is 13.2 Å². The number of rotatable bonds is 10. The number of carbonyl (C=O) groups is 1. The molecule has 0 saturated heterocycles. The first-order chi connectivity index (χ1) is 10.9. The molecule has 23 heavy (non-hydrogen) atoms. The van der Waals surface area contributed by atoms with Crippen LogP contribution < -0.4 is 0 Å². The topological polar surface area (TPSA) is 55.8 Å². The van der Waals surface area contributed by atoms with Crippen molar-refractivity contribution in [2.45, 2.75) is 46.8 Å². The van der Waals surface area contributed by atoms with E-state index in [4.69, 9.17) is 9.47 Å². The van der Waals surface area contributed by atoms with Crippen LogP contribution in [0.25, 0.3) is 0 Å². The molecule has 0 fully saturated rings. The lowest BCUT2D eigenvalue weighted by molar-refractivity contribution is -0.149. The van der Waals surface area contributed by atoms with Gasteiger partial charge in [-0.05, 0) is 23.3 Å². The monoisotopic (exact) mass is 322 g/mol. The number of aliphatic hydroxyl groups is 1.